The number of aromatic nitrogens is 1. The van der Waals surface area contributed by atoms with Crippen LogP contribution < -0.4 is 5.73 Å². The molecule has 0 aliphatic heterocycles. The van der Waals surface area contributed by atoms with E-state index in [0.717, 1.165) is 51.9 Å². The zero-order valence-electron chi connectivity index (χ0n) is 24.1. The van der Waals surface area contributed by atoms with E-state index < -0.39 is 0 Å². The van der Waals surface area contributed by atoms with Crippen LogP contribution in [0.1, 0.15) is 31.1 Å². The van der Waals surface area contributed by atoms with Crippen LogP contribution in [-0.2, 0) is 6.42 Å². The number of benzene rings is 5. The molecule has 0 saturated carbocycles. The zero-order valence-corrected chi connectivity index (χ0v) is 24.1. The lowest BCUT2D eigenvalue weighted by molar-refractivity contribution is 0.603. The summed E-state index contributed by atoms with van der Waals surface area (Å²) in [6.45, 7) is 2.98. The third kappa shape index (κ3) is 4.17. The van der Waals surface area contributed by atoms with Gasteiger partial charge in [-0.3, -0.25) is 0 Å². The summed E-state index contributed by atoms with van der Waals surface area (Å²) >= 11 is 0. The predicted octanol–water partition coefficient (Wildman–Crippen LogP) is 10.4. The van der Waals surface area contributed by atoms with Crippen molar-refractivity contribution in [3.63, 3.8) is 0 Å². The predicted molar refractivity (Wildman–Crippen MR) is 180 cm³/mol. The fourth-order valence-electron chi connectivity index (χ4n) is 6.47. The number of nitrogens with zero attached hydrogens (tertiary/aromatic N) is 1. The third-order valence-electron chi connectivity index (χ3n) is 8.60. The van der Waals surface area contributed by atoms with Crippen LogP contribution >= 0.6 is 0 Å². The number of furan rings is 2. The van der Waals surface area contributed by atoms with Crippen LogP contribution in [0.25, 0.3) is 77.6 Å². The minimum Gasteiger partial charge on any atom is -0.456 e. The van der Waals surface area contributed by atoms with Crippen molar-refractivity contribution in [2.45, 2.75) is 26.2 Å². The molecule has 1 aliphatic rings. The molecule has 210 valence electrons. The monoisotopic (exact) mass is 560 g/mol. The van der Waals surface area contributed by atoms with Crippen molar-refractivity contribution in [3.05, 3.63) is 121 Å². The van der Waals surface area contributed by atoms with E-state index in [0.29, 0.717) is 0 Å². The maximum Gasteiger partial charge on any atom is 0.135 e. The quantitative estimate of drug-likeness (QED) is 0.233. The molecule has 2 N–H and O–H groups in total. The molecule has 8 aromatic rings. The van der Waals surface area contributed by atoms with Crippen molar-refractivity contribution in [1.29, 1.82) is 0 Å². The Hall–Kier alpha value is -5.06. The molecule has 0 fully saturated rings. The van der Waals surface area contributed by atoms with Gasteiger partial charge in [-0.1, -0.05) is 68.0 Å². The molecule has 5 aromatic carbocycles. The van der Waals surface area contributed by atoms with Crippen LogP contribution in [0.2, 0.25) is 0 Å². The second-order valence-corrected chi connectivity index (χ2v) is 11.3. The van der Waals surface area contributed by atoms with Gasteiger partial charge in [0.25, 0.3) is 0 Å². The van der Waals surface area contributed by atoms with Crippen molar-refractivity contribution >= 4 is 60.8 Å². The van der Waals surface area contributed by atoms with Crippen molar-refractivity contribution in [2.24, 2.45) is 5.73 Å². The molecule has 9 rings (SSSR count). The number of hydrogen-bond donors (Lipinski definition) is 1. The summed E-state index contributed by atoms with van der Waals surface area (Å²) in [5.41, 5.74) is 15.1. The van der Waals surface area contributed by atoms with Gasteiger partial charge < -0.3 is 19.1 Å². The molecule has 0 bridgehead atoms. The van der Waals surface area contributed by atoms with Crippen LogP contribution in [0.5, 0.6) is 0 Å². The minimum absolute atomic E-state index is 0.844. The van der Waals surface area contributed by atoms with Gasteiger partial charge >= 0.3 is 0 Å². The third-order valence-corrected chi connectivity index (χ3v) is 8.60. The number of nitrogens with two attached hydrogens (primary N) is 1. The normalized spacial score (nSPS) is 12.5. The average molecular weight is 561 g/mol. The smallest absolute Gasteiger partial charge is 0.135 e. The van der Waals surface area contributed by atoms with Gasteiger partial charge in [0.05, 0.1) is 11.0 Å². The SMILES string of the molecule is C1=Cc2oc3ccc(-c4ccc5oc6ccc(-n7c8ccccc8c8ccccc87)cc6c5c4)cc3c2C1.CCCCN. The molecule has 0 saturated heterocycles. The number of hydrogen-bond acceptors (Lipinski definition) is 3. The average Bonchev–Trinajstić information content (AvgIpc) is 3.81. The molecule has 0 spiro atoms. The highest BCUT2D eigenvalue weighted by Gasteiger charge is 2.17. The van der Waals surface area contributed by atoms with E-state index >= 15 is 0 Å². The Morgan fingerprint density at radius 1 is 0.651 bits per heavy atom. The van der Waals surface area contributed by atoms with Crippen LogP contribution in [0.4, 0.5) is 0 Å². The van der Waals surface area contributed by atoms with Crippen LogP contribution in [0, 0.1) is 0 Å². The molecular formula is C39H32N2O2. The van der Waals surface area contributed by atoms with Gasteiger partial charge in [-0.15, -0.1) is 0 Å². The summed E-state index contributed by atoms with van der Waals surface area (Å²) in [4.78, 5) is 0. The van der Waals surface area contributed by atoms with E-state index in [9.17, 15) is 0 Å². The first-order valence-corrected chi connectivity index (χ1v) is 15.1. The van der Waals surface area contributed by atoms with Gasteiger partial charge in [0.1, 0.15) is 22.5 Å². The molecule has 0 radical (unpaired) electrons. The Labute approximate surface area is 249 Å². The standard InChI is InChI=1S/C35H21NO2.C4H11N/c1-3-9-30-24(6-1)25-7-2-4-10-31(25)36(30)23-14-17-35-29(20-23)28-19-22(13-16-34(28)38-35)21-12-15-33-27(18-21)26-8-5-11-32(26)37-33;1-2-3-4-5/h1-7,9-20H,8H2;2-5H2,1H3. The Morgan fingerprint density at radius 3 is 1.91 bits per heavy atom. The topological polar surface area (TPSA) is 57.2 Å². The Kier molecular flexibility index (Phi) is 6.16. The molecule has 4 nitrogen and oxygen atoms in total. The number of rotatable bonds is 4. The summed E-state index contributed by atoms with van der Waals surface area (Å²) in [6.07, 6.45) is 7.56. The molecule has 1 aliphatic carbocycles. The van der Waals surface area contributed by atoms with E-state index in [4.69, 9.17) is 14.6 Å². The highest BCUT2D eigenvalue weighted by Crippen LogP contribution is 2.38. The fraction of sp³-hybridized carbons (Fsp3) is 0.128. The lowest BCUT2D eigenvalue weighted by Crippen LogP contribution is -1.95. The van der Waals surface area contributed by atoms with Crippen LogP contribution in [-0.4, -0.2) is 11.1 Å². The van der Waals surface area contributed by atoms with E-state index in [1.165, 1.54) is 56.7 Å². The minimum atomic E-state index is 0.844. The van der Waals surface area contributed by atoms with Gasteiger partial charge in [-0.2, -0.15) is 0 Å². The van der Waals surface area contributed by atoms with Crippen molar-refractivity contribution < 1.29 is 8.83 Å². The number of allylic oxidation sites excluding steroid dienone is 1. The van der Waals surface area contributed by atoms with Gasteiger partial charge in [-0.25, -0.2) is 0 Å². The maximum absolute atomic E-state index is 6.28. The number of para-hydroxylation sites is 2. The van der Waals surface area contributed by atoms with Crippen molar-refractivity contribution in [2.75, 3.05) is 6.54 Å². The summed E-state index contributed by atoms with van der Waals surface area (Å²) in [5.74, 6) is 0.992. The summed E-state index contributed by atoms with van der Waals surface area (Å²) in [6, 6.07) is 36.8. The number of unbranched alkanes of at least 4 members (excludes halogenated alkanes) is 1. The van der Waals surface area contributed by atoms with E-state index in [2.05, 4.69) is 127 Å². The van der Waals surface area contributed by atoms with Gasteiger partial charge in [-0.05, 0) is 91.2 Å². The van der Waals surface area contributed by atoms with Gasteiger partial charge in [0.15, 0.2) is 0 Å². The summed E-state index contributed by atoms with van der Waals surface area (Å²) in [7, 11) is 0. The first-order chi connectivity index (χ1) is 21.2. The molecule has 3 heterocycles. The zero-order chi connectivity index (χ0) is 28.9. The molecule has 0 unspecified atom stereocenters. The Morgan fingerprint density at radius 2 is 1.26 bits per heavy atom. The van der Waals surface area contributed by atoms with Gasteiger partial charge in [0.2, 0.25) is 0 Å². The Balaban J connectivity index is 0.000000517. The van der Waals surface area contributed by atoms with E-state index in [1.54, 1.807) is 0 Å². The lowest BCUT2D eigenvalue weighted by Gasteiger charge is -2.08. The first-order valence-electron chi connectivity index (χ1n) is 15.1. The lowest BCUT2D eigenvalue weighted by atomic mass is 10.00. The second-order valence-electron chi connectivity index (χ2n) is 11.3. The fourth-order valence-corrected chi connectivity index (χ4v) is 6.47. The molecule has 0 atom stereocenters. The maximum atomic E-state index is 6.28. The largest absolute Gasteiger partial charge is 0.456 e. The summed E-state index contributed by atoms with van der Waals surface area (Å²) < 4.78 is 14.7. The molecule has 4 heteroatoms. The summed E-state index contributed by atoms with van der Waals surface area (Å²) in [5, 5.41) is 5.97. The highest BCUT2D eigenvalue weighted by atomic mass is 16.3. The van der Waals surface area contributed by atoms with Crippen molar-refractivity contribution in [3.8, 4) is 16.8 Å². The Bertz CT molecular complexity index is 2270. The molecule has 43 heavy (non-hydrogen) atoms. The van der Waals surface area contributed by atoms with Gasteiger partial charge in [0, 0.05) is 38.2 Å². The first kappa shape index (κ1) is 25.6. The van der Waals surface area contributed by atoms with Crippen LogP contribution in [0.3, 0.4) is 0 Å². The number of fused-ring (bicyclic) bond motifs is 9. The molecular weight excluding hydrogens is 528 g/mol. The molecule has 3 aromatic heterocycles. The second kappa shape index (κ2) is 10.3. The van der Waals surface area contributed by atoms with Crippen LogP contribution in [0.15, 0.2) is 118 Å². The van der Waals surface area contributed by atoms with Crippen molar-refractivity contribution in [1.82, 2.24) is 4.57 Å². The highest BCUT2D eigenvalue weighted by molar-refractivity contribution is 6.11. The van der Waals surface area contributed by atoms with E-state index in [-0.39, 0.29) is 0 Å². The molecule has 0 amide bonds. The van der Waals surface area contributed by atoms with E-state index in [1.807, 2.05) is 0 Å².